The number of thiazole rings is 1. The number of carboxylic acids is 1. The molecular formula is C11H13N3O3S. The van der Waals surface area contributed by atoms with Gasteiger partial charge in [0.05, 0.1) is 5.01 Å². The molecule has 1 atom stereocenters. The standard InChI is InChI=1S/C11H13N3O3S/c1-2-3-8(10(15)16)14-11(17)13-5-4-9-12-6-7-18-9/h1,6-8H,3-5H2,(H,15,16)(H2,13,14,17). The number of hydrogen-bond donors (Lipinski definition) is 3. The van der Waals surface area contributed by atoms with Gasteiger partial charge in [-0.15, -0.1) is 23.7 Å². The molecule has 0 aliphatic rings. The van der Waals surface area contributed by atoms with E-state index in [-0.39, 0.29) is 6.42 Å². The molecule has 0 aliphatic heterocycles. The summed E-state index contributed by atoms with van der Waals surface area (Å²) in [6.45, 7) is 0.391. The van der Waals surface area contributed by atoms with E-state index in [1.54, 1.807) is 6.20 Å². The number of nitrogens with one attached hydrogen (secondary N) is 2. The first-order chi connectivity index (χ1) is 8.63. The second-order valence-electron chi connectivity index (χ2n) is 3.38. The van der Waals surface area contributed by atoms with Crippen LogP contribution in [0, 0.1) is 12.3 Å². The van der Waals surface area contributed by atoms with Gasteiger partial charge in [0, 0.05) is 31.0 Å². The van der Waals surface area contributed by atoms with Crippen LogP contribution in [-0.4, -0.2) is 34.7 Å². The predicted molar refractivity (Wildman–Crippen MR) is 67.2 cm³/mol. The van der Waals surface area contributed by atoms with Gasteiger partial charge in [0.15, 0.2) is 0 Å². The number of carbonyl (C=O) groups excluding carboxylic acids is 1. The van der Waals surface area contributed by atoms with E-state index in [1.165, 1.54) is 11.3 Å². The smallest absolute Gasteiger partial charge is 0.327 e. The Bertz CT molecular complexity index is 439. The molecule has 0 bridgehead atoms. The molecule has 0 aromatic carbocycles. The number of rotatable bonds is 6. The van der Waals surface area contributed by atoms with Gasteiger partial charge < -0.3 is 15.7 Å². The van der Waals surface area contributed by atoms with Crippen molar-refractivity contribution < 1.29 is 14.7 Å². The number of carbonyl (C=O) groups is 2. The maximum atomic E-state index is 11.4. The zero-order chi connectivity index (χ0) is 13.4. The molecule has 0 aliphatic carbocycles. The lowest BCUT2D eigenvalue weighted by Gasteiger charge is -2.12. The number of aliphatic carboxylic acids is 1. The van der Waals surface area contributed by atoms with Gasteiger partial charge in [-0.05, 0) is 0 Å². The van der Waals surface area contributed by atoms with Crippen molar-refractivity contribution >= 4 is 23.3 Å². The topological polar surface area (TPSA) is 91.3 Å². The van der Waals surface area contributed by atoms with Crippen LogP contribution in [0.25, 0.3) is 0 Å². The minimum Gasteiger partial charge on any atom is -0.480 e. The number of aromatic nitrogens is 1. The van der Waals surface area contributed by atoms with E-state index in [0.717, 1.165) is 5.01 Å². The van der Waals surface area contributed by atoms with Gasteiger partial charge in [0.25, 0.3) is 0 Å². The van der Waals surface area contributed by atoms with E-state index in [0.29, 0.717) is 13.0 Å². The summed E-state index contributed by atoms with van der Waals surface area (Å²) in [4.78, 5) is 26.2. The molecule has 1 unspecified atom stereocenters. The van der Waals surface area contributed by atoms with Gasteiger partial charge in [-0.3, -0.25) is 0 Å². The molecule has 6 nitrogen and oxygen atoms in total. The number of carboxylic acid groups (broad SMARTS) is 1. The number of nitrogens with zero attached hydrogens (tertiary/aromatic N) is 1. The molecule has 96 valence electrons. The van der Waals surface area contributed by atoms with Crippen molar-refractivity contribution in [3.63, 3.8) is 0 Å². The molecule has 0 fully saturated rings. The summed E-state index contributed by atoms with van der Waals surface area (Å²) in [6.07, 6.45) is 7.27. The number of urea groups is 1. The predicted octanol–water partition coefficient (Wildman–Crippen LogP) is 0.461. The lowest BCUT2D eigenvalue weighted by molar-refractivity contribution is -0.139. The van der Waals surface area contributed by atoms with Crippen molar-refractivity contribution in [3.8, 4) is 12.3 Å². The molecule has 1 rings (SSSR count). The summed E-state index contributed by atoms with van der Waals surface area (Å²) >= 11 is 1.50. The molecule has 1 aromatic heterocycles. The molecule has 0 saturated heterocycles. The molecule has 0 spiro atoms. The van der Waals surface area contributed by atoms with Crippen molar-refractivity contribution in [2.75, 3.05) is 6.54 Å². The van der Waals surface area contributed by atoms with E-state index < -0.39 is 18.0 Å². The Hall–Kier alpha value is -2.07. The van der Waals surface area contributed by atoms with E-state index >= 15 is 0 Å². The van der Waals surface area contributed by atoms with Gasteiger partial charge in [0.1, 0.15) is 6.04 Å². The molecule has 0 saturated carbocycles. The summed E-state index contributed by atoms with van der Waals surface area (Å²) < 4.78 is 0. The van der Waals surface area contributed by atoms with Crippen LogP contribution >= 0.6 is 11.3 Å². The maximum Gasteiger partial charge on any atom is 0.327 e. The average Bonchev–Trinajstić information content (AvgIpc) is 2.81. The molecule has 3 N–H and O–H groups in total. The molecule has 7 heteroatoms. The van der Waals surface area contributed by atoms with Gasteiger partial charge in [-0.2, -0.15) is 0 Å². The fraction of sp³-hybridized carbons (Fsp3) is 0.364. The highest BCUT2D eigenvalue weighted by molar-refractivity contribution is 7.09. The Labute approximate surface area is 108 Å². The van der Waals surface area contributed by atoms with Crippen LogP contribution in [-0.2, 0) is 11.2 Å². The van der Waals surface area contributed by atoms with E-state index in [4.69, 9.17) is 11.5 Å². The highest BCUT2D eigenvalue weighted by Crippen LogP contribution is 2.03. The molecule has 0 radical (unpaired) electrons. The summed E-state index contributed by atoms with van der Waals surface area (Å²) in [7, 11) is 0. The first kappa shape index (κ1) is 14.0. The second-order valence-corrected chi connectivity index (χ2v) is 4.35. The van der Waals surface area contributed by atoms with Crippen LogP contribution in [0.3, 0.4) is 0 Å². The van der Waals surface area contributed by atoms with E-state index in [9.17, 15) is 9.59 Å². The third-order valence-electron chi connectivity index (χ3n) is 2.03. The highest BCUT2D eigenvalue weighted by atomic mass is 32.1. The minimum absolute atomic E-state index is 0.0464. The Morgan fingerprint density at radius 1 is 1.61 bits per heavy atom. The van der Waals surface area contributed by atoms with Crippen molar-refractivity contribution in [3.05, 3.63) is 16.6 Å². The molecule has 1 aromatic rings. The number of hydrogen-bond acceptors (Lipinski definition) is 4. The normalized spacial score (nSPS) is 11.3. The fourth-order valence-corrected chi connectivity index (χ4v) is 1.81. The van der Waals surface area contributed by atoms with Crippen LogP contribution < -0.4 is 10.6 Å². The third-order valence-corrected chi connectivity index (χ3v) is 2.87. The zero-order valence-corrected chi connectivity index (χ0v) is 10.4. The molecule has 18 heavy (non-hydrogen) atoms. The van der Waals surface area contributed by atoms with E-state index in [1.807, 2.05) is 5.38 Å². The van der Waals surface area contributed by atoms with Crippen molar-refractivity contribution in [1.29, 1.82) is 0 Å². The van der Waals surface area contributed by atoms with Crippen molar-refractivity contribution in [2.45, 2.75) is 18.9 Å². The van der Waals surface area contributed by atoms with Crippen LogP contribution in [0.5, 0.6) is 0 Å². The van der Waals surface area contributed by atoms with Gasteiger partial charge in [-0.1, -0.05) is 0 Å². The zero-order valence-electron chi connectivity index (χ0n) is 9.55. The lowest BCUT2D eigenvalue weighted by Crippen LogP contribution is -2.46. The van der Waals surface area contributed by atoms with Crippen LogP contribution in [0.2, 0.25) is 0 Å². The largest absolute Gasteiger partial charge is 0.480 e. The molecule has 1 heterocycles. The van der Waals surface area contributed by atoms with Crippen LogP contribution in [0.1, 0.15) is 11.4 Å². The quantitative estimate of drug-likeness (QED) is 0.653. The molecular weight excluding hydrogens is 254 g/mol. The fourth-order valence-electron chi connectivity index (χ4n) is 1.19. The third kappa shape index (κ3) is 4.84. The SMILES string of the molecule is C#CCC(NC(=O)NCCc1nccs1)C(=O)O. The number of terminal acetylenes is 1. The second kappa shape index (κ2) is 7.29. The first-order valence-electron chi connectivity index (χ1n) is 5.22. The Morgan fingerprint density at radius 2 is 2.39 bits per heavy atom. The van der Waals surface area contributed by atoms with Crippen molar-refractivity contribution in [1.82, 2.24) is 15.6 Å². The summed E-state index contributed by atoms with van der Waals surface area (Å²) in [5.74, 6) is 1.05. The van der Waals surface area contributed by atoms with Crippen LogP contribution in [0.15, 0.2) is 11.6 Å². The summed E-state index contributed by atoms with van der Waals surface area (Å²) in [5.41, 5.74) is 0. The summed E-state index contributed by atoms with van der Waals surface area (Å²) in [6, 6.07) is -1.61. The van der Waals surface area contributed by atoms with Gasteiger partial charge in [-0.25, -0.2) is 14.6 Å². The number of amides is 2. The van der Waals surface area contributed by atoms with Gasteiger partial charge >= 0.3 is 12.0 Å². The van der Waals surface area contributed by atoms with Crippen LogP contribution in [0.4, 0.5) is 4.79 Å². The first-order valence-corrected chi connectivity index (χ1v) is 6.10. The highest BCUT2D eigenvalue weighted by Gasteiger charge is 2.18. The Morgan fingerprint density at radius 3 is 2.94 bits per heavy atom. The maximum absolute atomic E-state index is 11.4. The average molecular weight is 267 g/mol. The summed E-state index contributed by atoms with van der Waals surface area (Å²) in [5, 5.41) is 16.4. The van der Waals surface area contributed by atoms with E-state index in [2.05, 4.69) is 21.5 Å². The lowest BCUT2D eigenvalue weighted by atomic mass is 10.2. The Kier molecular flexibility index (Phi) is 5.67. The molecule has 2 amide bonds. The van der Waals surface area contributed by atoms with Gasteiger partial charge in [0.2, 0.25) is 0 Å². The minimum atomic E-state index is -1.15. The Balaban J connectivity index is 2.28. The van der Waals surface area contributed by atoms with Crippen molar-refractivity contribution in [2.24, 2.45) is 0 Å². The monoisotopic (exact) mass is 267 g/mol.